The summed E-state index contributed by atoms with van der Waals surface area (Å²) in [5.74, 6) is -0.755. The van der Waals surface area contributed by atoms with E-state index >= 15 is 0 Å². The number of amides is 2. The van der Waals surface area contributed by atoms with Crippen molar-refractivity contribution in [1.82, 2.24) is 5.32 Å². The number of carbonyl (C=O) groups is 2. The molecule has 3 atom stereocenters. The van der Waals surface area contributed by atoms with E-state index in [-0.39, 0.29) is 30.1 Å². The number of hydrogen-bond acceptors (Lipinski definition) is 2. The standard InChI is InChI=1S/C23H22Cl2N2O2/c1-3-13(2)19-12-26-21(28)11-18(14-5-4-6-15(24)9-14)23(19)17-8-7-16(25)10-20(17)27-22(23)29/h3-10,18-19H,11-12H2,1-2H3,(H,26,28)(H,27,29)/b13-3+/t18-,19+,23-/m0/s1. The Balaban J connectivity index is 2.05. The number of anilines is 1. The third-order valence-electron chi connectivity index (χ3n) is 6.30. The van der Waals surface area contributed by atoms with Gasteiger partial charge in [0, 0.05) is 40.5 Å². The van der Waals surface area contributed by atoms with Crippen molar-refractivity contribution in [3.63, 3.8) is 0 Å². The number of hydrogen-bond donors (Lipinski definition) is 2. The molecule has 4 rings (SSSR count). The lowest BCUT2D eigenvalue weighted by Crippen LogP contribution is -2.48. The summed E-state index contributed by atoms with van der Waals surface area (Å²) in [6.07, 6.45) is 2.21. The third kappa shape index (κ3) is 3.15. The first-order valence-corrected chi connectivity index (χ1v) is 10.4. The predicted octanol–water partition coefficient (Wildman–Crippen LogP) is 5.07. The Kier molecular flexibility index (Phi) is 5.18. The largest absolute Gasteiger partial charge is 0.355 e. The average Bonchev–Trinajstić information content (AvgIpc) is 2.86. The van der Waals surface area contributed by atoms with Crippen LogP contribution in [0.5, 0.6) is 0 Å². The van der Waals surface area contributed by atoms with Gasteiger partial charge in [0.25, 0.3) is 0 Å². The fourth-order valence-electron chi connectivity index (χ4n) is 4.88. The third-order valence-corrected chi connectivity index (χ3v) is 6.77. The molecular formula is C23H22Cl2N2O2. The van der Waals surface area contributed by atoms with Crippen LogP contribution in [0.25, 0.3) is 0 Å². The van der Waals surface area contributed by atoms with E-state index in [0.717, 1.165) is 16.7 Å². The van der Waals surface area contributed by atoms with Crippen LogP contribution in [0.15, 0.2) is 54.1 Å². The topological polar surface area (TPSA) is 58.2 Å². The maximum absolute atomic E-state index is 13.7. The molecule has 2 aromatic carbocycles. The minimum absolute atomic E-state index is 0.0732. The first-order valence-electron chi connectivity index (χ1n) is 9.64. The molecule has 2 N–H and O–H groups in total. The Bertz CT molecular complexity index is 1030. The fraction of sp³-hybridized carbons (Fsp3) is 0.304. The van der Waals surface area contributed by atoms with Gasteiger partial charge in [-0.15, -0.1) is 0 Å². The summed E-state index contributed by atoms with van der Waals surface area (Å²) in [5, 5.41) is 7.20. The lowest BCUT2D eigenvalue weighted by atomic mass is 9.59. The summed E-state index contributed by atoms with van der Waals surface area (Å²) >= 11 is 12.5. The van der Waals surface area contributed by atoms with Gasteiger partial charge < -0.3 is 10.6 Å². The fourth-order valence-corrected chi connectivity index (χ4v) is 5.26. The van der Waals surface area contributed by atoms with Crippen LogP contribution in [0.3, 0.4) is 0 Å². The highest BCUT2D eigenvalue weighted by Crippen LogP contribution is 2.56. The summed E-state index contributed by atoms with van der Waals surface area (Å²) in [4.78, 5) is 26.4. The zero-order valence-corrected chi connectivity index (χ0v) is 17.8. The molecule has 2 amide bonds. The van der Waals surface area contributed by atoms with Crippen molar-refractivity contribution in [1.29, 1.82) is 0 Å². The maximum Gasteiger partial charge on any atom is 0.236 e. The normalized spacial score (nSPS) is 26.7. The van der Waals surface area contributed by atoms with Crippen molar-refractivity contribution in [2.24, 2.45) is 5.92 Å². The monoisotopic (exact) mass is 428 g/mol. The minimum Gasteiger partial charge on any atom is -0.355 e. The zero-order valence-electron chi connectivity index (χ0n) is 16.3. The molecule has 0 saturated carbocycles. The summed E-state index contributed by atoms with van der Waals surface area (Å²) in [7, 11) is 0. The molecule has 2 aromatic rings. The van der Waals surface area contributed by atoms with Gasteiger partial charge >= 0.3 is 0 Å². The van der Waals surface area contributed by atoms with E-state index in [0.29, 0.717) is 22.3 Å². The lowest BCUT2D eigenvalue weighted by Gasteiger charge is -2.41. The number of carbonyl (C=O) groups excluding carboxylic acids is 2. The van der Waals surface area contributed by atoms with Gasteiger partial charge in [0.05, 0.1) is 5.41 Å². The van der Waals surface area contributed by atoms with Gasteiger partial charge in [-0.3, -0.25) is 9.59 Å². The van der Waals surface area contributed by atoms with Crippen molar-refractivity contribution >= 4 is 40.7 Å². The highest BCUT2D eigenvalue weighted by atomic mass is 35.5. The van der Waals surface area contributed by atoms with Crippen LogP contribution in [0.1, 0.15) is 37.3 Å². The number of rotatable bonds is 2. The summed E-state index contributed by atoms with van der Waals surface area (Å²) in [5.41, 5.74) is 2.57. The molecule has 0 aliphatic carbocycles. The molecule has 4 nitrogen and oxygen atoms in total. The molecule has 1 spiro atoms. The van der Waals surface area contributed by atoms with Gasteiger partial charge in [-0.05, 0) is 49.2 Å². The summed E-state index contributed by atoms with van der Waals surface area (Å²) < 4.78 is 0. The summed E-state index contributed by atoms with van der Waals surface area (Å²) in [6, 6.07) is 13.0. The second-order valence-electron chi connectivity index (χ2n) is 7.71. The molecule has 29 heavy (non-hydrogen) atoms. The molecule has 0 bridgehead atoms. The molecule has 1 saturated heterocycles. The van der Waals surface area contributed by atoms with Crippen molar-refractivity contribution in [3.05, 3.63) is 75.3 Å². The Labute approximate surface area is 180 Å². The highest BCUT2D eigenvalue weighted by Gasteiger charge is 2.59. The number of fused-ring (bicyclic) bond motifs is 2. The van der Waals surface area contributed by atoms with Crippen molar-refractivity contribution in [3.8, 4) is 0 Å². The smallest absolute Gasteiger partial charge is 0.236 e. The van der Waals surface area contributed by atoms with E-state index < -0.39 is 5.41 Å². The molecule has 0 aromatic heterocycles. The SMILES string of the molecule is C/C=C(\C)[C@H]1CNC(=O)C[C@@H](c2cccc(Cl)c2)[C@]12C(=O)Nc1cc(Cl)ccc12. The molecule has 0 radical (unpaired) electrons. The molecule has 2 aliphatic rings. The van der Waals surface area contributed by atoms with Crippen molar-refractivity contribution < 1.29 is 9.59 Å². The van der Waals surface area contributed by atoms with Crippen LogP contribution >= 0.6 is 23.2 Å². The molecule has 0 unspecified atom stereocenters. The quantitative estimate of drug-likeness (QED) is 0.655. The van der Waals surface area contributed by atoms with E-state index in [1.54, 1.807) is 18.2 Å². The van der Waals surface area contributed by atoms with Crippen LogP contribution in [0.2, 0.25) is 10.0 Å². The van der Waals surface area contributed by atoms with E-state index in [4.69, 9.17) is 23.2 Å². The van der Waals surface area contributed by atoms with E-state index in [2.05, 4.69) is 10.6 Å². The van der Waals surface area contributed by atoms with Crippen LogP contribution in [0.4, 0.5) is 5.69 Å². The van der Waals surface area contributed by atoms with E-state index in [1.807, 2.05) is 44.2 Å². The van der Waals surface area contributed by atoms with Crippen LogP contribution < -0.4 is 10.6 Å². The number of allylic oxidation sites excluding steroid dienone is 1. The van der Waals surface area contributed by atoms with Gasteiger partial charge in [-0.1, -0.05) is 53.1 Å². The second-order valence-corrected chi connectivity index (χ2v) is 8.59. The van der Waals surface area contributed by atoms with Gasteiger partial charge in [-0.2, -0.15) is 0 Å². The summed E-state index contributed by atoms with van der Waals surface area (Å²) in [6.45, 7) is 4.36. The van der Waals surface area contributed by atoms with E-state index in [9.17, 15) is 9.59 Å². The average molecular weight is 429 g/mol. The van der Waals surface area contributed by atoms with Crippen molar-refractivity contribution in [2.75, 3.05) is 11.9 Å². The Morgan fingerprint density at radius 2 is 1.90 bits per heavy atom. The minimum atomic E-state index is -0.944. The lowest BCUT2D eigenvalue weighted by molar-refractivity contribution is -0.123. The predicted molar refractivity (Wildman–Crippen MR) is 117 cm³/mol. The van der Waals surface area contributed by atoms with Crippen molar-refractivity contribution in [2.45, 2.75) is 31.6 Å². The van der Waals surface area contributed by atoms with Gasteiger partial charge in [0.15, 0.2) is 0 Å². The molecule has 6 heteroatoms. The van der Waals surface area contributed by atoms with Gasteiger partial charge in [0.2, 0.25) is 11.8 Å². The zero-order chi connectivity index (χ0) is 20.8. The second kappa shape index (κ2) is 7.51. The van der Waals surface area contributed by atoms with Gasteiger partial charge in [0.1, 0.15) is 0 Å². The van der Waals surface area contributed by atoms with Gasteiger partial charge in [-0.25, -0.2) is 0 Å². The number of nitrogens with one attached hydrogen (secondary N) is 2. The Morgan fingerprint density at radius 3 is 2.62 bits per heavy atom. The highest BCUT2D eigenvalue weighted by molar-refractivity contribution is 6.31. The Morgan fingerprint density at radius 1 is 1.14 bits per heavy atom. The molecular weight excluding hydrogens is 407 g/mol. The molecule has 150 valence electrons. The first kappa shape index (κ1) is 20.0. The van der Waals surface area contributed by atoms with Crippen LogP contribution in [-0.2, 0) is 15.0 Å². The number of benzene rings is 2. The maximum atomic E-state index is 13.7. The van der Waals surface area contributed by atoms with Crippen LogP contribution in [0, 0.1) is 5.92 Å². The molecule has 2 heterocycles. The first-order chi connectivity index (χ1) is 13.9. The molecule has 1 fully saturated rings. The van der Waals surface area contributed by atoms with Crippen LogP contribution in [-0.4, -0.2) is 18.4 Å². The number of halogens is 2. The van der Waals surface area contributed by atoms with E-state index in [1.165, 1.54) is 0 Å². The molecule has 2 aliphatic heterocycles. The Hall–Kier alpha value is -2.30.